The third-order valence-corrected chi connectivity index (χ3v) is 3.11. The number of aromatic nitrogens is 1. The molecule has 4 nitrogen and oxygen atoms in total. The van der Waals surface area contributed by atoms with Crippen molar-refractivity contribution in [3.8, 4) is 0 Å². The van der Waals surface area contributed by atoms with E-state index in [4.69, 9.17) is 11.6 Å². The van der Waals surface area contributed by atoms with Crippen LogP contribution >= 0.6 is 11.6 Å². The molecule has 2 rings (SSSR count). The van der Waals surface area contributed by atoms with Gasteiger partial charge in [0.25, 0.3) is 5.91 Å². The lowest BCUT2D eigenvalue weighted by atomic mass is 10.2. The molecule has 1 aromatic carbocycles. The van der Waals surface area contributed by atoms with E-state index in [9.17, 15) is 9.18 Å². The number of rotatable bonds is 3. The molecular weight excluding hydrogens is 281 g/mol. The second-order valence-corrected chi connectivity index (χ2v) is 4.56. The first-order chi connectivity index (χ1) is 9.52. The molecule has 0 fully saturated rings. The van der Waals surface area contributed by atoms with Crippen LogP contribution in [0.1, 0.15) is 10.4 Å². The van der Waals surface area contributed by atoms with Crippen LogP contribution in [0.4, 0.5) is 15.9 Å². The highest BCUT2D eigenvalue weighted by Crippen LogP contribution is 2.22. The minimum absolute atomic E-state index is 0.312. The van der Waals surface area contributed by atoms with Gasteiger partial charge in [0.15, 0.2) is 0 Å². The van der Waals surface area contributed by atoms with Crippen LogP contribution in [0.25, 0.3) is 0 Å². The lowest BCUT2D eigenvalue weighted by molar-refractivity contribution is 0.0992. The minimum Gasteiger partial charge on any atom is -0.372 e. The van der Waals surface area contributed by atoms with Gasteiger partial charge in [0, 0.05) is 26.0 Å². The van der Waals surface area contributed by atoms with Crippen LogP contribution in [-0.4, -0.2) is 25.0 Å². The van der Waals surface area contributed by atoms with Crippen molar-refractivity contribution < 1.29 is 9.18 Å². The predicted molar refractivity (Wildman–Crippen MR) is 77.9 cm³/mol. The Morgan fingerprint density at radius 3 is 2.75 bits per heavy atom. The van der Waals surface area contributed by atoms with Crippen molar-refractivity contribution in [2.24, 2.45) is 0 Å². The molecule has 20 heavy (non-hydrogen) atoms. The molecule has 0 saturated carbocycles. The summed E-state index contributed by atoms with van der Waals surface area (Å²) in [4.78, 5) is 17.7. The quantitative estimate of drug-likeness (QED) is 0.945. The highest BCUT2D eigenvalue weighted by Gasteiger charge is 2.15. The van der Waals surface area contributed by atoms with Gasteiger partial charge in [0.1, 0.15) is 11.6 Å². The second-order valence-electron chi connectivity index (χ2n) is 4.15. The maximum Gasteiger partial charge on any atom is 0.259 e. The largest absolute Gasteiger partial charge is 0.372 e. The molecule has 0 saturated heterocycles. The molecule has 1 amide bonds. The van der Waals surface area contributed by atoms with Crippen LogP contribution < -0.4 is 10.2 Å². The molecular formula is C14H13ClFN3O. The smallest absolute Gasteiger partial charge is 0.259 e. The molecule has 0 bridgehead atoms. The van der Waals surface area contributed by atoms with E-state index < -0.39 is 5.82 Å². The van der Waals surface area contributed by atoms with Crippen molar-refractivity contribution in [2.75, 3.05) is 24.3 Å². The number of amides is 1. The molecule has 0 unspecified atom stereocenters. The highest BCUT2D eigenvalue weighted by molar-refractivity contribution is 6.33. The van der Waals surface area contributed by atoms with Crippen molar-refractivity contribution in [1.82, 2.24) is 4.98 Å². The third kappa shape index (κ3) is 2.88. The molecule has 104 valence electrons. The maximum atomic E-state index is 13.2. The van der Waals surface area contributed by atoms with E-state index in [-0.39, 0.29) is 5.91 Å². The highest BCUT2D eigenvalue weighted by atomic mass is 35.5. The average molecular weight is 294 g/mol. The Labute approximate surface area is 121 Å². The van der Waals surface area contributed by atoms with E-state index >= 15 is 0 Å². The monoisotopic (exact) mass is 293 g/mol. The van der Waals surface area contributed by atoms with Gasteiger partial charge in [-0.15, -0.1) is 0 Å². The number of hydrogen-bond donors (Lipinski definition) is 1. The molecule has 6 heteroatoms. The maximum absolute atomic E-state index is 13.2. The fraction of sp³-hybridized carbons (Fsp3) is 0.143. The number of carbonyl (C=O) groups is 1. The Bertz CT molecular complexity index is 648. The fourth-order valence-corrected chi connectivity index (χ4v) is 2.00. The summed E-state index contributed by atoms with van der Waals surface area (Å²) in [7, 11) is 3.26. The summed E-state index contributed by atoms with van der Waals surface area (Å²) in [5, 5.41) is 3.16. The summed E-state index contributed by atoms with van der Waals surface area (Å²) in [6.07, 6.45) is 1.43. The summed E-state index contributed by atoms with van der Waals surface area (Å²) in [5.74, 6) is -0.215. The number of benzene rings is 1. The van der Waals surface area contributed by atoms with Crippen molar-refractivity contribution in [3.63, 3.8) is 0 Å². The zero-order chi connectivity index (χ0) is 14.7. The van der Waals surface area contributed by atoms with E-state index in [2.05, 4.69) is 10.3 Å². The van der Waals surface area contributed by atoms with Gasteiger partial charge in [-0.05, 0) is 24.3 Å². The Balaban J connectivity index is 2.29. The first-order valence-corrected chi connectivity index (χ1v) is 6.27. The lowest BCUT2D eigenvalue weighted by Gasteiger charge is -2.17. The molecule has 1 N–H and O–H groups in total. The zero-order valence-corrected chi connectivity index (χ0v) is 11.8. The van der Waals surface area contributed by atoms with Gasteiger partial charge >= 0.3 is 0 Å². The van der Waals surface area contributed by atoms with Crippen LogP contribution in [-0.2, 0) is 0 Å². The van der Waals surface area contributed by atoms with Gasteiger partial charge in [-0.25, -0.2) is 9.37 Å². The van der Waals surface area contributed by atoms with Gasteiger partial charge in [-0.3, -0.25) is 4.79 Å². The molecule has 1 heterocycles. The van der Waals surface area contributed by atoms with E-state index in [0.29, 0.717) is 22.1 Å². The van der Waals surface area contributed by atoms with Crippen molar-refractivity contribution >= 4 is 29.0 Å². The van der Waals surface area contributed by atoms with Crippen LogP contribution in [0.2, 0.25) is 5.02 Å². The van der Waals surface area contributed by atoms with E-state index in [0.717, 1.165) is 0 Å². The molecule has 0 radical (unpaired) electrons. The first kappa shape index (κ1) is 14.3. The molecule has 0 spiro atoms. The number of halogens is 2. The Hall–Kier alpha value is -2.14. The minimum atomic E-state index is -0.399. The fourth-order valence-electron chi connectivity index (χ4n) is 1.73. The van der Waals surface area contributed by atoms with E-state index in [1.165, 1.54) is 29.3 Å². The summed E-state index contributed by atoms with van der Waals surface area (Å²) in [6.45, 7) is 0. The Kier molecular flexibility index (Phi) is 4.20. The number of nitrogens with one attached hydrogen (secondary N) is 1. The number of anilines is 2. The zero-order valence-electron chi connectivity index (χ0n) is 11.0. The van der Waals surface area contributed by atoms with Gasteiger partial charge in [-0.2, -0.15) is 0 Å². The number of pyridine rings is 1. The molecule has 1 aromatic heterocycles. The van der Waals surface area contributed by atoms with Gasteiger partial charge < -0.3 is 10.2 Å². The van der Waals surface area contributed by atoms with E-state index in [1.54, 1.807) is 26.2 Å². The number of nitrogens with zero attached hydrogens (tertiary/aromatic N) is 2. The normalized spacial score (nSPS) is 10.2. The molecule has 0 atom stereocenters. The molecule has 2 aromatic rings. The van der Waals surface area contributed by atoms with Gasteiger partial charge in [0.2, 0.25) is 0 Å². The van der Waals surface area contributed by atoms with Crippen LogP contribution in [0.15, 0.2) is 36.5 Å². The summed E-state index contributed by atoms with van der Waals surface area (Å²) in [6, 6.07) is 7.33. The second kappa shape index (κ2) is 5.88. The van der Waals surface area contributed by atoms with Gasteiger partial charge in [-0.1, -0.05) is 17.7 Å². The molecule has 0 aliphatic rings. The lowest BCUT2D eigenvalue weighted by Crippen LogP contribution is -2.26. The third-order valence-electron chi connectivity index (χ3n) is 2.83. The standard InChI is InChI=1S/C14H13ClFN3O/c1-17-13-12(15)6-9(8-18-13)14(20)19(2)11-5-3-4-10(16)7-11/h3-8H,1-2H3,(H,17,18). The van der Waals surface area contributed by atoms with Crippen LogP contribution in [0.5, 0.6) is 0 Å². The topological polar surface area (TPSA) is 45.2 Å². The molecule has 0 aliphatic carbocycles. The summed E-state index contributed by atoms with van der Waals surface area (Å²) in [5.41, 5.74) is 0.796. The Morgan fingerprint density at radius 1 is 1.40 bits per heavy atom. The number of hydrogen-bond acceptors (Lipinski definition) is 3. The van der Waals surface area contributed by atoms with Gasteiger partial charge in [0.05, 0.1) is 10.6 Å². The van der Waals surface area contributed by atoms with Crippen molar-refractivity contribution in [1.29, 1.82) is 0 Å². The summed E-state index contributed by atoms with van der Waals surface area (Å²) < 4.78 is 13.2. The van der Waals surface area contributed by atoms with Crippen molar-refractivity contribution in [3.05, 3.63) is 52.9 Å². The number of carbonyl (C=O) groups excluding carboxylic acids is 1. The molecule has 0 aliphatic heterocycles. The van der Waals surface area contributed by atoms with Crippen molar-refractivity contribution in [2.45, 2.75) is 0 Å². The van der Waals surface area contributed by atoms with Crippen LogP contribution in [0, 0.1) is 5.82 Å². The average Bonchev–Trinajstić information content (AvgIpc) is 2.45. The first-order valence-electron chi connectivity index (χ1n) is 5.90. The Morgan fingerprint density at radius 2 is 2.15 bits per heavy atom. The summed E-state index contributed by atoms with van der Waals surface area (Å²) >= 11 is 5.99. The predicted octanol–water partition coefficient (Wildman–Crippen LogP) is 3.19. The SMILES string of the molecule is CNc1ncc(C(=O)N(C)c2cccc(F)c2)cc1Cl. The van der Waals surface area contributed by atoms with Crippen LogP contribution in [0.3, 0.4) is 0 Å². The van der Waals surface area contributed by atoms with E-state index in [1.807, 2.05) is 0 Å².